The highest BCUT2D eigenvalue weighted by Gasteiger charge is 2.36. The molecule has 18 nitrogen and oxygen atoms in total. The molecule has 2 saturated heterocycles. The molecular formula is C62H58F6N12O6. The van der Waals surface area contributed by atoms with Gasteiger partial charge in [0.1, 0.15) is 36.3 Å². The number of fused-ring (bicyclic) bond motifs is 2. The second kappa shape index (κ2) is 24.5. The van der Waals surface area contributed by atoms with Crippen molar-refractivity contribution in [2.24, 2.45) is 0 Å². The Bertz CT molecular complexity index is 3620. The number of halogens is 6. The van der Waals surface area contributed by atoms with E-state index in [0.717, 1.165) is 58.2 Å². The molecule has 0 bridgehead atoms. The van der Waals surface area contributed by atoms with Crippen molar-refractivity contribution in [1.29, 1.82) is 0 Å². The molecule has 0 unspecified atom stereocenters. The van der Waals surface area contributed by atoms with Crippen molar-refractivity contribution >= 4 is 34.8 Å². The number of nitrogens with one attached hydrogen (secondary N) is 2. The maximum absolute atomic E-state index is 13.3. The monoisotopic (exact) mass is 1180 g/mol. The standard InChI is InChI=1S/2C31H29F3N6O3/c2*1-20-26(17-36-37-29(20)41)40-18-22-5-2-3-8-25(22)27(40)19-43-24-7-4-6-21(15-24)30(42)39-13-11-38(12-14-39)28-10-9-23(16-35-28)31(32,33)34/h2*2-10,15-17,27H,11-14,18-19H2,1H3,(H,37,41)/t2*27-/m10/s1. The van der Waals surface area contributed by atoms with Crippen LogP contribution in [0.15, 0.2) is 156 Å². The zero-order valence-corrected chi connectivity index (χ0v) is 46.7. The van der Waals surface area contributed by atoms with Gasteiger partial charge in [0.15, 0.2) is 0 Å². The van der Waals surface area contributed by atoms with Gasteiger partial charge < -0.3 is 38.9 Å². The van der Waals surface area contributed by atoms with E-state index < -0.39 is 23.5 Å². The van der Waals surface area contributed by atoms with E-state index >= 15 is 0 Å². The minimum atomic E-state index is -4.44. The molecular weight excluding hydrogens is 1120 g/mol. The van der Waals surface area contributed by atoms with Gasteiger partial charge in [-0.05, 0) is 96.8 Å². The number of pyridine rings is 2. The average Bonchev–Trinajstić information content (AvgIpc) is 3.37. The van der Waals surface area contributed by atoms with Gasteiger partial charge in [-0.3, -0.25) is 19.2 Å². The van der Waals surface area contributed by atoms with Gasteiger partial charge in [-0.2, -0.15) is 36.5 Å². The molecule has 2 amide bonds. The molecule has 0 radical (unpaired) electrons. The van der Waals surface area contributed by atoms with Crippen molar-refractivity contribution in [2.75, 3.05) is 85.2 Å². The van der Waals surface area contributed by atoms with Gasteiger partial charge in [-0.1, -0.05) is 60.7 Å². The molecule has 0 spiro atoms. The van der Waals surface area contributed by atoms with Crippen LogP contribution in [0.4, 0.5) is 49.4 Å². The van der Waals surface area contributed by atoms with Crippen molar-refractivity contribution in [3.05, 3.63) is 222 Å². The number of carbonyl (C=O) groups is 2. The van der Waals surface area contributed by atoms with E-state index in [4.69, 9.17) is 9.47 Å². The molecule has 0 aliphatic carbocycles. The topological polar surface area (TPSA) is 189 Å². The first-order chi connectivity index (χ1) is 41.4. The van der Waals surface area contributed by atoms with E-state index in [1.165, 1.54) is 12.1 Å². The number of aromatic nitrogens is 6. The summed E-state index contributed by atoms with van der Waals surface area (Å²) in [6, 6.07) is 34.7. The van der Waals surface area contributed by atoms with Crippen LogP contribution in [0.1, 0.15) is 77.3 Å². The number of nitrogens with zero attached hydrogens (tertiary/aromatic N) is 10. The summed E-state index contributed by atoms with van der Waals surface area (Å²) in [4.78, 5) is 70.6. The molecule has 2 N–H and O–H groups in total. The lowest BCUT2D eigenvalue weighted by Crippen LogP contribution is -2.49. The summed E-state index contributed by atoms with van der Waals surface area (Å²) in [6.07, 6.45) is -3.90. The largest absolute Gasteiger partial charge is 0.491 e. The van der Waals surface area contributed by atoms with E-state index in [2.05, 4.69) is 64.4 Å². The first kappa shape index (κ1) is 58.1. The van der Waals surface area contributed by atoms with Gasteiger partial charge in [0.25, 0.3) is 22.9 Å². The summed E-state index contributed by atoms with van der Waals surface area (Å²) in [5.41, 5.74) is 6.04. The van der Waals surface area contributed by atoms with Crippen LogP contribution in [0, 0.1) is 13.8 Å². The third kappa shape index (κ3) is 12.5. The lowest BCUT2D eigenvalue weighted by molar-refractivity contribution is -0.138. The molecule has 8 heterocycles. The smallest absolute Gasteiger partial charge is 0.417 e. The van der Waals surface area contributed by atoms with Crippen LogP contribution in [-0.4, -0.2) is 118 Å². The lowest BCUT2D eigenvalue weighted by atomic mass is 10.1. The maximum Gasteiger partial charge on any atom is 0.417 e. The first-order valence-electron chi connectivity index (χ1n) is 27.8. The fraction of sp³-hybridized carbons (Fsp3) is 0.290. The van der Waals surface area contributed by atoms with Crippen LogP contribution >= 0.6 is 0 Å². The zero-order chi connectivity index (χ0) is 60.3. The van der Waals surface area contributed by atoms with Gasteiger partial charge in [0.2, 0.25) is 0 Å². The number of piperazine rings is 2. The molecule has 4 aliphatic heterocycles. The Labute approximate surface area is 489 Å². The van der Waals surface area contributed by atoms with Crippen LogP contribution in [0.25, 0.3) is 0 Å². The number of benzene rings is 4. The Hall–Kier alpha value is -9.74. The normalized spacial score (nSPS) is 16.7. The zero-order valence-electron chi connectivity index (χ0n) is 46.7. The molecule has 4 aromatic heterocycles. The molecule has 8 aromatic rings. The van der Waals surface area contributed by atoms with Crippen LogP contribution in [0.3, 0.4) is 0 Å². The van der Waals surface area contributed by atoms with E-state index in [0.29, 0.717) is 124 Å². The number of amides is 2. The van der Waals surface area contributed by atoms with Gasteiger partial charge in [0.05, 0.1) is 47.0 Å². The highest BCUT2D eigenvalue weighted by Crippen LogP contribution is 2.40. The van der Waals surface area contributed by atoms with Crippen molar-refractivity contribution in [2.45, 2.75) is 51.4 Å². The second-order valence-corrected chi connectivity index (χ2v) is 21.1. The molecule has 444 valence electrons. The number of rotatable bonds is 12. The van der Waals surface area contributed by atoms with Crippen molar-refractivity contribution in [3.63, 3.8) is 0 Å². The third-order valence-electron chi connectivity index (χ3n) is 15.9. The molecule has 2 fully saturated rings. The molecule has 2 atom stereocenters. The minimum absolute atomic E-state index is 0.150. The summed E-state index contributed by atoms with van der Waals surface area (Å²) < 4.78 is 89.7. The quantitative estimate of drug-likeness (QED) is 0.110. The molecule has 0 saturated carbocycles. The van der Waals surface area contributed by atoms with Crippen molar-refractivity contribution < 1.29 is 45.4 Å². The number of alkyl halides is 6. The fourth-order valence-electron chi connectivity index (χ4n) is 11.2. The average molecular weight is 1180 g/mol. The molecule has 4 aromatic carbocycles. The van der Waals surface area contributed by atoms with E-state index in [1.54, 1.807) is 84.6 Å². The summed E-state index contributed by atoms with van der Waals surface area (Å²) in [7, 11) is 0. The van der Waals surface area contributed by atoms with Gasteiger partial charge in [-0.15, -0.1) is 0 Å². The minimum Gasteiger partial charge on any atom is -0.491 e. The predicted octanol–water partition coefficient (Wildman–Crippen LogP) is 9.19. The van der Waals surface area contributed by atoms with Crippen LogP contribution < -0.4 is 40.2 Å². The van der Waals surface area contributed by atoms with Gasteiger partial charge >= 0.3 is 12.4 Å². The number of aromatic amines is 2. The number of hydrogen-bond acceptors (Lipinski definition) is 14. The number of anilines is 4. The SMILES string of the molecule is Cc1c(N2Cc3ccccc3[C@@H]2COc2cccc(C(=O)N3CCN(c4ccc(C(F)(F)F)cn4)CC3)c2)cn[nH]c1=O.Cc1c(N2Cc3ccccc3[C@H]2COc2cccc(C(=O)N3CCN(c4ccc(C(F)(F)F)cn4)CC3)c2)cn[nH]c1=O. The fourth-order valence-corrected chi connectivity index (χ4v) is 11.2. The van der Waals surface area contributed by atoms with Crippen LogP contribution in [0.5, 0.6) is 11.5 Å². The Morgan fingerprint density at radius 2 is 0.907 bits per heavy atom. The number of carbonyl (C=O) groups excluding carboxylic acids is 2. The van der Waals surface area contributed by atoms with Crippen LogP contribution in [0.2, 0.25) is 0 Å². The number of hydrogen-bond donors (Lipinski definition) is 2. The number of H-pyrrole nitrogens is 2. The Kier molecular flexibility index (Phi) is 16.5. The Morgan fingerprint density at radius 3 is 1.28 bits per heavy atom. The number of ether oxygens (including phenoxy) is 2. The Balaban J connectivity index is 0.000000179. The molecule has 4 aliphatic rings. The highest BCUT2D eigenvalue weighted by molar-refractivity contribution is 5.95. The predicted molar refractivity (Wildman–Crippen MR) is 309 cm³/mol. The molecule has 24 heteroatoms. The first-order valence-corrected chi connectivity index (χ1v) is 27.8. The summed E-state index contributed by atoms with van der Waals surface area (Å²) in [5, 5.41) is 13.0. The third-order valence-corrected chi connectivity index (χ3v) is 15.9. The molecule has 86 heavy (non-hydrogen) atoms. The van der Waals surface area contributed by atoms with Crippen LogP contribution in [-0.2, 0) is 25.4 Å². The van der Waals surface area contributed by atoms with E-state index in [9.17, 15) is 45.5 Å². The van der Waals surface area contributed by atoms with E-state index in [1.807, 2.05) is 34.1 Å². The summed E-state index contributed by atoms with van der Waals surface area (Å²) >= 11 is 0. The maximum atomic E-state index is 13.3. The van der Waals surface area contributed by atoms with Gasteiger partial charge in [0, 0.05) is 100 Å². The second-order valence-electron chi connectivity index (χ2n) is 21.1. The Morgan fingerprint density at radius 1 is 0.512 bits per heavy atom. The molecule has 12 rings (SSSR count). The lowest BCUT2D eigenvalue weighted by Gasteiger charge is -2.35. The highest BCUT2D eigenvalue weighted by atomic mass is 19.4. The summed E-state index contributed by atoms with van der Waals surface area (Å²) in [5.74, 6) is 1.69. The van der Waals surface area contributed by atoms with Gasteiger partial charge in [-0.25, -0.2) is 20.2 Å². The summed E-state index contributed by atoms with van der Waals surface area (Å²) in [6.45, 7) is 8.79. The van der Waals surface area contributed by atoms with Crippen molar-refractivity contribution in [3.8, 4) is 11.5 Å². The van der Waals surface area contributed by atoms with Crippen molar-refractivity contribution in [1.82, 2.24) is 40.2 Å². The van der Waals surface area contributed by atoms with E-state index in [-0.39, 0.29) is 35.0 Å².